The molecule has 0 saturated heterocycles. The van der Waals surface area contributed by atoms with Gasteiger partial charge < -0.3 is 10.4 Å². The third-order valence-corrected chi connectivity index (χ3v) is 3.01. The molecule has 0 aliphatic heterocycles. The number of carboxylic acid groups (broad SMARTS) is 1. The number of aromatic nitrogens is 1. The van der Waals surface area contributed by atoms with Crippen LogP contribution in [0.2, 0.25) is 5.15 Å². The molecule has 4 nitrogen and oxygen atoms in total. The molecule has 2 N–H and O–H groups in total. The summed E-state index contributed by atoms with van der Waals surface area (Å²) in [7, 11) is 0. The second kappa shape index (κ2) is 5.72. The first-order valence-electron chi connectivity index (χ1n) is 5.20. The molecule has 0 spiro atoms. The van der Waals surface area contributed by atoms with Crippen molar-refractivity contribution in [1.29, 1.82) is 0 Å². The van der Waals surface area contributed by atoms with Crippen molar-refractivity contribution < 1.29 is 18.7 Å². The summed E-state index contributed by atoms with van der Waals surface area (Å²) in [6.45, 7) is 0. The minimum absolute atomic E-state index is 0.00423. The van der Waals surface area contributed by atoms with Crippen LogP contribution in [0, 0.1) is 11.6 Å². The zero-order valence-electron chi connectivity index (χ0n) is 9.62. The van der Waals surface area contributed by atoms with E-state index in [2.05, 4.69) is 26.2 Å². The van der Waals surface area contributed by atoms with Crippen LogP contribution in [0.4, 0.5) is 20.3 Å². The molecule has 1 aromatic heterocycles. The fraction of sp³-hybridized carbons (Fsp3) is 0. The number of rotatable bonds is 3. The molecule has 1 heterocycles. The third kappa shape index (κ3) is 3.05. The van der Waals surface area contributed by atoms with E-state index in [0.717, 1.165) is 12.1 Å². The third-order valence-electron chi connectivity index (χ3n) is 2.34. The van der Waals surface area contributed by atoms with Crippen LogP contribution in [0.25, 0.3) is 0 Å². The molecule has 2 rings (SSSR count). The van der Waals surface area contributed by atoms with Crippen molar-refractivity contribution in [1.82, 2.24) is 4.98 Å². The second-order valence-corrected chi connectivity index (χ2v) is 5.01. The highest BCUT2D eigenvalue weighted by Crippen LogP contribution is 2.28. The van der Waals surface area contributed by atoms with Gasteiger partial charge in [0.1, 0.15) is 22.2 Å². The number of carboxylic acids is 1. The highest BCUT2D eigenvalue weighted by molar-refractivity contribution is 9.10. The average Bonchev–Trinajstić information content (AvgIpc) is 2.33. The Hall–Kier alpha value is -1.73. The fourth-order valence-electron chi connectivity index (χ4n) is 1.48. The molecule has 8 heteroatoms. The largest absolute Gasteiger partial charge is 0.478 e. The van der Waals surface area contributed by atoms with Crippen molar-refractivity contribution in [3.63, 3.8) is 0 Å². The van der Waals surface area contributed by atoms with Gasteiger partial charge in [0.05, 0.1) is 0 Å². The second-order valence-electron chi connectivity index (χ2n) is 3.70. The lowest BCUT2D eigenvalue weighted by molar-refractivity contribution is 0.0697. The van der Waals surface area contributed by atoms with Crippen LogP contribution in [0.5, 0.6) is 0 Å². The lowest BCUT2D eigenvalue weighted by atomic mass is 10.2. The number of nitrogens with one attached hydrogen (secondary N) is 1. The van der Waals surface area contributed by atoms with Crippen LogP contribution >= 0.6 is 27.5 Å². The highest BCUT2D eigenvalue weighted by atomic mass is 79.9. The summed E-state index contributed by atoms with van der Waals surface area (Å²) in [6, 6.07) is 4.53. The molecule has 0 aliphatic rings. The van der Waals surface area contributed by atoms with Crippen molar-refractivity contribution in [2.75, 3.05) is 5.32 Å². The SMILES string of the molecule is O=C(O)c1ccc(Cl)nc1Nc1c(F)cc(Br)cc1F. The summed E-state index contributed by atoms with van der Waals surface area (Å²) in [6.07, 6.45) is 0. The number of hydrogen-bond donors (Lipinski definition) is 2. The summed E-state index contributed by atoms with van der Waals surface area (Å²) in [5, 5.41) is 11.3. The van der Waals surface area contributed by atoms with E-state index < -0.39 is 23.3 Å². The number of halogens is 4. The van der Waals surface area contributed by atoms with Gasteiger partial charge >= 0.3 is 5.97 Å². The predicted octanol–water partition coefficient (Wildman–Crippen LogP) is 4.22. The van der Waals surface area contributed by atoms with Gasteiger partial charge in [0, 0.05) is 4.47 Å². The van der Waals surface area contributed by atoms with E-state index in [9.17, 15) is 13.6 Å². The molecule has 0 bridgehead atoms. The monoisotopic (exact) mass is 362 g/mol. The maximum atomic E-state index is 13.7. The van der Waals surface area contributed by atoms with Gasteiger partial charge in [0.15, 0.2) is 11.6 Å². The minimum atomic E-state index is -1.30. The molecule has 1 aromatic carbocycles. The summed E-state index contributed by atoms with van der Waals surface area (Å²) in [4.78, 5) is 14.8. The van der Waals surface area contributed by atoms with Gasteiger partial charge in [-0.3, -0.25) is 0 Å². The Morgan fingerprint density at radius 2 is 1.90 bits per heavy atom. The van der Waals surface area contributed by atoms with Gasteiger partial charge in [0.25, 0.3) is 0 Å². The number of nitrogens with zero attached hydrogens (tertiary/aromatic N) is 1. The average molecular weight is 364 g/mol. The number of aromatic carboxylic acids is 1. The Morgan fingerprint density at radius 3 is 2.45 bits per heavy atom. The van der Waals surface area contributed by atoms with Crippen LogP contribution in [-0.4, -0.2) is 16.1 Å². The standard InChI is InChI=1S/C12H6BrClF2N2O2/c13-5-3-7(15)10(8(16)4-5)18-11-6(12(19)20)1-2-9(14)17-11/h1-4H,(H,17,18)(H,19,20). The van der Waals surface area contributed by atoms with Crippen LogP contribution in [0.15, 0.2) is 28.7 Å². The first-order chi connectivity index (χ1) is 9.38. The van der Waals surface area contributed by atoms with Crippen molar-refractivity contribution in [2.24, 2.45) is 0 Å². The van der Waals surface area contributed by atoms with Crippen molar-refractivity contribution in [3.05, 3.63) is 51.1 Å². The Bertz CT molecular complexity index is 674. The molecule has 2 aromatic rings. The Balaban J connectivity index is 2.50. The van der Waals surface area contributed by atoms with E-state index >= 15 is 0 Å². The lowest BCUT2D eigenvalue weighted by Gasteiger charge is -2.11. The number of hydrogen-bond acceptors (Lipinski definition) is 3. The van der Waals surface area contributed by atoms with Gasteiger partial charge in [-0.05, 0) is 24.3 Å². The Labute approximate surface area is 125 Å². The van der Waals surface area contributed by atoms with Crippen molar-refractivity contribution in [2.45, 2.75) is 0 Å². The summed E-state index contributed by atoms with van der Waals surface area (Å²) in [5.74, 6) is -3.33. The van der Waals surface area contributed by atoms with Gasteiger partial charge in [-0.2, -0.15) is 0 Å². The molecule has 0 atom stereocenters. The van der Waals surface area contributed by atoms with E-state index in [1.54, 1.807) is 0 Å². The molecule has 0 amide bonds. The van der Waals surface area contributed by atoms with E-state index in [4.69, 9.17) is 16.7 Å². The number of carbonyl (C=O) groups is 1. The van der Waals surface area contributed by atoms with Crippen LogP contribution in [0.1, 0.15) is 10.4 Å². The first kappa shape index (κ1) is 14.7. The van der Waals surface area contributed by atoms with Gasteiger partial charge in [0.2, 0.25) is 0 Å². The van der Waals surface area contributed by atoms with Crippen molar-refractivity contribution in [3.8, 4) is 0 Å². The summed E-state index contributed by atoms with van der Waals surface area (Å²) < 4.78 is 27.6. The smallest absolute Gasteiger partial charge is 0.339 e. The van der Waals surface area contributed by atoms with E-state index in [0.29, 0.717) is 0 Å². The molecule has 0 unspecified atom stereocenters. The maximum absolute atomic E-state index is 13.7. The quantitative estimate of drug-likeness (QED) is 0.802. The van der Waals surface area contributed by atoms with Crippen LogP contribution in [0.3, 0.4) is 0 Å². The van der Waals surface area contributed by atoms with Crippen LogP contribution in [-0.2, 0) is 0 Å². The fourth-order valence-corrected chi connectivity index (χ4v) is 2.03. The lowest BCUT2D eigenvalue weighted by Crippen LogP contribution is -2.07. The topological polar surface area (TPSA) is 62.2 Å². The van der Waals surface area contributed by atoms with E-state index in [1.807, 2.05) is 0 Å². The maximum Gasteiger partial charge on any atom is 0.339 e. The number of pyridine rings is 1. The summed E-state index contributed by atoms with van der Waals surface area (Å²) >= 11 is 8.60. The van der Waals surface area contributed by atoms with E-state index in [1.165, 1.54) is 12.1 Å². The predicted molar refractivity (Wildman–Crippen MR) is 73.5 cm³/mol. The molecule has 20 heavy (non-hydrogen) atoms. The number of benzene rings is 1. The minimum Gasteiger partial charge on any atom is -0.478 e. The molecule has 0 aliphatic carbocycles. The van der Waals surface area contributed by atoms with Gasteiger partial charge in [-0.15, -0.1) is 0 Å². The molecule has 0 saturated carbocycles. The number of anilines is 2. The van der Waals surface area contributed by atoms with Crippen LogP contribution < -0.4 is 5.32 Å². The van der Waals surface area contributed by atoms with Gasteiger partial charge in [-0.1, -0.05) is 27.5 Å². The zero-order valence-corrected chi connectivity index (χ0v) is 12.0. The molecular formula is C12H6BrClF2N2O2. The highest BCUT2D eigenvalue weighted by Gasteiger charge is 2.17. The molecule has 104 valence electrons. The first-order valence-corrected chi connectivity index (χ1v) is 6.37. The Morgan fingerprint density at radius 1 is 1.30 bits per heavy atom. The Kier molecular flexibility index (Phi) is 4.20. The zero-order chi connectivity index (χ0) is 14.9. The normalized spacial score (nSPS) is 10.4. The van der Waals surface area contributed by atoms with Crippen molar-refractivity contribution >= 4 is 45.0 Å². The molecule has 0 radical (unpaired) electrons. The summed E-state index contributed by atoms with van der Waals surface area (Å²) in [5.41, 5.74) is -0.762. The molecule has 0 fully saturated rings. The molecular weight excluding hydrogens is 357 g/mol. The van der Waals surface area contributed by atoms with Gasteiger partial charge in [-0.25, -0.2) is 18.6 Å². The van der Waals surface area contributed by atoms with E-state index in [-0.39, 0.29) is 21.0 Å².